The number of carbonyl (C=O) groups excluding carboxylic acids is 1. The van der Waals surface area contributed by atoms with Gasteiger partial charge in [0.25, 0.3) is 5.92 Å². The van der Waals surface area contributed by atoms with Crippen LogP contribution < -0.4 is 15.5 Å². The molecular weight excluding hydrogens is 347 g/mol. The van der Waals surface area contributed by atoms with Gasteiger partial charge in [0.05, 0.1) is 12.6 Å². The first-order chi connectivity index (χ1) is 10.0. The Kier molecular flexibility index (Phi) is 7.04. The van der Waals surface area contributed by atoms with Gasteiger partial charge in [-0.3, -0.25) is 10.1 Å². The summed E-state index contributed by atoms with van der Waals surface area (Å²) >= 11 is 0. The Balaban J connectivity index is 0.00000132. The van der Waals surface area contributed by atoms with Crippen molar-refractivity contribution in [2.45, 2.75) is 30.8 Å². The molecule has 4 nitrogen and oxygen atoms in total. The van der Waals surface area contributed by atoms with Crippen LogP contribution in [0.2, 0.25) is 0 Å². The van der Waals surface area contributed by atoms with Crippen molar-refractivity contribution in [1.29, 1.82) is 0 Å². The molecule has 0 spiro atoms. The van der Waals surface area contributed by atoms with E-state index in [1.54, 1.807) is 0 Å². The third kappa shape index (κ3) is 4.93. The largest absolute Gasteiger partial charge is 0.369 e. The Morgan fingerprint density at radius 3 is 2.57 bits per heavy atom. The maximum absolute atomic E-state index is 13.1. The van der Waals surface area contributed by atoms with Crippen LogP contribution in [0.4, 0.5) is 14.5 Å². The second kappa shape index (κ2) is 8.13. The fraction of sp³-hybridized carbons (Fsp3) is 0.533. The van der Waals surface area contributed by atoms with Crippen LogP contribution in [0.1, 0.15) is 12.8 Å². The molecule has 2 N–H and O–H groups in total. The number of amides is 1. The van der Waals surface area contributed by atoms with Crippen molar-refractivity contribution in [1.82, 2.24) is 10.6 Å². The van der Waals surface area contributed by atoms with Gasteiger partial charge in [-0.2, -0.15) is 0 Å². The summed E-state index contributed by atoms with van der Waals surface area (Å²) in [5.74, 6) is -3.08. The third-order valence-corrected chi connectivity index (χ3v) is 4.08. The lowest BCUT2D eigenvalue weighted by Crippen LogP contribution is -2.46. The minimum Gasteiger partial charge on any atom is -0.369 e. The van der Waals surface area contributed by atoms with E-state index < -0.39 is 24.9 Å². The molecule has 8 heteroatoms. The van der Waals surface area contributed by atoms with Crippen LogP contribution in [0.3, 0.4) is 0 Å². The molecule has 0 radical (unpaired) electrons. The van der Waals surface area contributed by atoms with E-state index in [2.05, 4.69) is 15.5 Å². The lowest BCUT2D eigenvalue weighted by atomic mass is 10.1. The topological polar surface area (TPSA) is 44.4 Å². The van der Waals surface area contributed by atoms with Crippen molar-refractivity contribution in [3.8, 4) is 0 Å². The summed E-state index contributed by atoms with van der Waals surface area (Å²) in [5.41, 5.74) is 1.12. The molecule has 130 valence electrons. The number of nitrogens with one attached hydrogen (secondary N) is 2. The zero-order chi connectivity index (χ0) is 14.9. The minimum absolute atomic E-state index is 0. The van der Waals surface area contributed by atoms with Crippen LogP contribution in [0.5, 0.6) is 0 Å². The Morgan fingerprint density at radius 2 is 1.96 bits per heavy atom. The average Bonchev–Trinajstić information content (AvgIpc) is 3.06. The summed E-state index contributed by atoms with van der Waals surface area (Å²) in [4.78, 5) is 14.2. The molecule has 23 heavy (non-hydrogen) atoms. The molecule has 2 saturated heterocycles. The van der Waals surface area contributed by atoms with Gasteiger partial charge in [-0.05, 0) is 18.6 Å². The van der Waals surface area contributed by atoms with Crippen molar-refractivity contribution in [2.75, 3.05) is 24.5 Å². The first kappa shape index (κ1) is 19.9. The van der Waals surface area contributed by atoms with E-state index in [0.29, 0.717) is 0 Å². The number of nitrogens with zero attached hydrogens (tertiary/aromatic N) is 1. The van der Waals surface area contributed by atoms with E-state index in [1.807, 2.05) is 30.3 Å². The molecule has 0 bridgehead atoms. The monoisotopic (exact) mass is 367 g/mol. The van der Waals surface area contributed by atoms with E-state index in [0.717, 1.165) is 25.2 Å². The van der Waals surface area contributed by atoms with Gasteiger partial charge in [0.1, 0.15) is 0 Å². The molecule has 1 amide bonds. The Labute approximate surface area is 146 Å². The van der Waals surface area contributed by atoms with Crippen LogP contribution >= 0.6 is 24.8 Å². The first-order valence-electron chi connectivity index (χ1n) is 7.25. The number of hydrogen-bond donors (Lipinski definition) is 2. The molecule has 2 heterocycles. The minimum atomic E-state index is -2.77. The summed E-state index contributed by atoms with van der Waals surface area (Å²) < 4.78 is 26.2. The van der Waals surface area contributed by atoms with Crippen LogP contribution in [0, 0.1) is 0 Å². The van der Waals surface area contributed by atoms with E-state index >= 15 is 0 Å². The summed E-state index contributed by atoms with van der Waals surface area (Å²) in [5, 5.41) is 5.47. The molecule has 2 unspecified atom stereocenters. The second-order valence-electron chi connectivity index (χ2n) is 5.77. The van der Waals surface area contributed by atoms with Crippen LogP contribution in [0.25, 0.3) is 0 Å². The zero-order valence-electron chi connectivity index (χ0n) is 12.5. The highest BCUT2D eigenvalue weighted by molar-refractivity contribution is 5.85. The smallest absolute Gasteiger partial charge is 0.262 e. The highest BCUT2D eigenvalue weighted by Gasteiger charge is 2.42. The van der Waals surface area contributed by atoms with Gasteiger partial charge in [0.15, 0.2) is 0 Å². The van der Waals surface area contributed by atoms with Crippen LogP contribution in [-0.2, 0) is 4.79 Å². The number of alkyl halides is 2. The molecule has 2 fully saturated rings. The quantitative estimate of drug-likeness (QED) is 0.860. The summed E-state index contributed by atoms with van der Waals surface area (Å²) in [6, 6.07) is 9.23. The normalized spacial score (nSPS) is 25.4. The number of rotatable bonds is 3. The fourth-order valence-electron chi connectivity index (χ4n) is 2.95. The van der Waals surface area contributed by atoms with Crippen LogP contribution in [0.15, 0.2) is 30.3 Å². The SMILES string of the molecule is Cl.Cl.O=C(NC1CCN(c2ccccc2)C1)C1CC(F)(F)CN1. The summed E-state index contributed by atoms with van der Waals surface area (Å²) in [6.45, 7) is 1.17. The molecule has 0 saturated carbocycles. The average molecular weight is 368 g/mol. The molecule has 3 rings (SSSR count). The van der Waals surface area contributed by atoms with E-state index in [9.17, 15) is 13.6 Å². The number of hydrogen-bond acceptors (Lipinski definition) is 3. The van der Waals surface area contributed by atoms with Crippen LogP contribution in [-0.4, -0.2) is 43.5 Å². The molecule has 1 aromatic rings. The first-order valence-corrected chi connectivity index (χ1v) is 7.25. The molecule has 1 aromatic carbocycles. The van der Waals surface area contributed by atoms with Gasteiger partial charge < -0.3 is 10.2 Å². The number of halogens is 4. The van der Waals surface area contributed by atoms with Crippen molar-refractivity contribution < 1.29 is 13.6 Å². The number of para-hydroxylation sites is 1. The zero-order valence-corrected chi connectivity index (χ0v) is 14.1. The van der Waals surface area contributed by atoms with E-state index in [4.69, 9.17) is 0 Å². The standard InChI is InChI=1S/C15H19F2N3O.2ClH/c16-15(17)8-13(18-10-15)14(21)19-11-6-7-20(9-11)12-4-2-1-3-5-12;;/h1-5,11,13,18H,6-10H2,(H,19,21);2*1H. The molecule has 2 aliphatic rings. The van der Waals surface area contributed by atoms with Crippen molar-refractivity contribution in [3.63, 3.8) is 0 Å². The molecule has 2 atom stereocenters. The Hall–Kier alpha value is -1.11. The van der Waals surface area contributed by atoms with Crippen molar-refractivity contribution in [3.05, 3.63) is 30.3 Å². The Morgan fingerprint density at radius 1 is 1.26 bits per heavy atom. The van der Waals surface area contributed by atoms with E-state index in [-0.39, 0.29) is 36.8 Å². The van der Waals surface area contributed by atoms with Gasteiger partial charge in [-0.25, -0.2) is 8.78 Å². The second-order valence-corrected chi connectivity index (χ2v) is 5.77. The maximum atomic E-state index is 13.1. The molecular formula is C15H21Cl2F2N3O. The third-order valence-electron chi connectivity index (χ3n) is 4.08. The molecule has 0 aromatic heterocycles. The van der Waals surface area contributed by atoms with Gasteiger partial charge in [-0.15, -0.1) is 24.8 Å². The van der Waals surface area contributed by atoms with Crippen molar-refractivity contribution in [2.24, 2.45) is 0 Å². The predicted molar refractivity (Wildman–Crippen MR) is 91.1 cm³/mol. The summed E-state index contributed by atoms with van der Waals surface area (Å²) in [6.07, 6.45) is 0.428. The number of anilines is 1. The molecule has 0 aliphatic carbocycles. The predicted octanol–water partition coefficient (Wildman–Crippen LogP) is 2.22. The lowest BCUT2D eigenvalue weighted by molar-refractivity contribution is -0.124. The fourth-order valence-corrected chi connectivity index (χ4v) is 2.95. The maximum Gasteiger partial charge on any atom is 0.262 e. The van der Waals surface area contributed by atoms with Gasteiger partial charge in [-0.1, -0.05) is 18.2 Å². The van der Waals surface area contributed by atoms with Gasteiger partial charge in [0.2, 0.25) is 5.91 Å². The van der Waals surface area contributed by atoms with E-state index in [1.165, 1.54) is 0 Å². The molecule has 2 aliphatic heterocycles. The lowest BCUT2D eigenvalue weighted by Gasteiger charge is -2.20. The highest BCUT2D eigenvalue weighted by Crippen LogP contribution is 2.25. The highest BCUT2D eigenvalue weighted by atomic mass is 35.5. The van der Waals surface area contributed by atoms with Gasteiger partial charge >= 0.3 is 0 Å². The number of benzene rings is 1. The van der Waals surface area contributed by atoms with Crippen molar-refractivity contribution >= 4 is 36.4 Å². The number of carbonyl (C=O) groups is 1. The summed E-state index contributed by atoms with van der Waals surface area (Å²) in [7, 11) is 0. The van der Waals surface area contributed by atoms with Gasteiger partial charge in [0, 0.05) is 31.2 Å². The Bertz CT molecular complexity index is 519.